The van der Waals surface area contributed by atoms with Crippen LogP contribution in [0.25, 0.3) is 11.7 Å². The van der Waals surface area contributed by atoms with Crippen LogP contribution >= 0.6 is 0 Å². The van der Waals surface area contributed by atoms with Crippen molar-refractivity contribution in [1.29, 1.82) is 0 Å². The van der Waals surface area contributed by atoms with Crippen molar-refractivity contribution in [2.24, 2.45) is 5.92 Å². The molecule has 1 fully saturated rings. The number of alkyl halides is 3. The second-order valence-corrected chi connectivity index (χ2v) is 8.19. The van der Waals surface area contributed by atoms with Gasteiger partial charge in [0.05, 0.1) is 0 Å². The average molecular weight is 462 g/mol. The largest absolute Gasteiger partial charge is 0.422 e. The zero-order chi connectivity index (χ0) is 23.6. The maximum atomic E-state index is 14.6. The normalized spacial score (nSPS) is 20.3. The van der Waals surface area contributed by atoms with E-state index in [9.17, 15) is 35.1 Å². The fourth-order valence-corrected chi connectivity index (χ4v) is 4.37. The number of rotatable bonds is 5. The molecule has 0 N–H and O–H groups in total. The second-order valence-electron chi connectivity index (χ2n) is 8.19. The molecule has 0 saturated heterocycles. The molecule has 0 bridgehead atoms. The first-order chi connectivity index (χ1) is 15.0. The van der Waals surface area contributed by atoms with Crippen molar-refractivity contribution >= 4 is 11.7 Å². The Morgan fingerprint density at radius 2 is 1.44 bits per heavy atom. The van der Waals surface area contributed by atoms with Gasteiger partial charge in [-0.2, -0.15) is 13.2 Å². The summed E-state index contributed by atoms with van der Waals surface area (Å²) in [5.41, 5.74) is -3.42. The van der Waals surface area contributed by atoms with Gasteiger partial charge in [0, 0.05) is 11.1 Å². The van der Waals surface area contributed by atoms with Crippen LogP contribution < -0.4 is 0 Å². The van der Waals surface area contributed by atoms with E-state index in [0.29, 0.717) is 11.5 Å². The van der Waals surface area contributed by atoms with Gasteiger partial charge in [-0.25, -0.2) is 22.0 Å². The molecule has 174 valence electrons. The highest BCUT2D eigenvalue weighted by Crippen LogP contribution is 2.40. The van der Waals surface area contributed by atoms with Gasteiger partial charge in [0.25, 0.3) is 0 Å². The molecule has 1 aliphatic rings. The molecule has 0 atom stereocenters. The third-order valence-electron chi connectivity index (χ3n) is 6.02. The molecular weight excluding hydrogens is 440 g/mol. The Kier molecular flexibility index (Phi) is 7.30. The Bertz CT molecular complexity index is 975. The van der Waals surface area contributed by atoms with Gasteiger partial charge in [-0.3, -0.25) is 0 Å². The van der Waals surface area contributed by atoms with Crippen LogP contribution in [0.1, 0.15) is 73.6 Å². The van der Waals surface area contributed by atoms with Gasteiger partial charge < -0.3 is 0 Å². The molecular formula is C24H22F8. The molecule has 0 unspecified atom stereocenters. The van der Waals surface area contributed by atoms with Crippen LogP contribution in [0.4, 0.5) is 35.1 Å². The summed E-state index contributed by atoms with van der Waals surface area (Å²) in [4.78, 5) is 0. The smallest absolute Gasteiger partial charge is 0.206 e. The van der Waals surface area contributed by atoms with E-state index in [1.165, 1.54) is 6.07 Å². The van der Waals surface area contributed by atoms with E-state index in [4.69, 9.17) is 0 Å². The first-order valence-electron chi connectivity index (χ1n) is 10.4. The van der Waals surface area contributed by atoms with Gasteiger partial charge in [-0.15, -0.1) is 0 Å². The van der Waals surface area contributed by atoms with Gasteiger partial charge in [0.2, 0.25) is 0 Å². The summed E-state index contributed by atoms with van der Waals surface area (Å²) >= 11 is 0. The predicted molar refractivity (Wildman–Crippen MR) is 106 cm³/mol. The van der Waals surface area contributed by atoms with Crippen LogP contribution in [0.5, 0.6) is 0 Å². The van der Waals surface area contributed by atoms with E-state index in [2.05, 4.69) is 6.92 Å². The van der Waals surface area contributed by atoms with Gasteiger partial charge in [0.15, 0.2) is 11.7 Å². The Morgan fingerprint density at radius 3 is 1.94 bits per heavy atom. The summed E-state index contributed by atoms with van der Waals surface area (Å²) in [5, 5.41) is 0. The second kappa shape index (κ2) is 9.63. The molecule has 8 heteroatoms. The van der Waals surface area contributed by atoms with Crippen molar-refractivity contribution in [2.45, 2.75) is 57.5 Å². The third kappa shape index (κ3) is 5.15. The molecule has 0 aromatic heterocycles. The van der Waals surface area contributed by atoms with Crippen LogP contribution in [0.15, 0.2) is 30.3 Å². The maximum Gasteiger partial charge on any atom is 0.422 e. The van der Waals surface area contributed by atoms with Crippen LogP contribution in [0.2, 0.25) is 0 Å². The van der Waals surface area contributed by atoms with Crippen molar-refractivity contribution in [2.75, 3.05) is 0 Å². The lowest BCUT2D eigenvalue weighted by Crippen LogP contribution is -2.13. The minimum atomic E-state index is -5.34. The Morgan fingerprint density at radius 1 is 0.844 bits per heavy atom. The summed E-state index contributed by atoms with van der Waals surface area (Å²) in [5.74, 6) is -8.11. The molecule has 0 radical (unpaired) electrons. The van der Waals surface area contributed by atoms with Crippen molar-refractivity contribution in [3.8, 4) is 0 Å². The topological polar surface area (TPSA) is 0 Å². The highest BCUT2D eigenvalue weighted by atomic mass is 19.4. The summed E-state index contributed by atoms with van der Waals surface area (Å²) in [6.07, 6.45) is 0.637. The quantitative estimate of drug-likeness (QED) is 0.307. The minimum absolute atomic E-state index is 0.0296. The number of hydrogen-bond donors (Lipinski definition) is 0. The highest BCUT2D eigenvalue weighted by Gasteiger charge is 2.38. The maximum absolute atomic E-state index is 14.6. The van der Waals surface area contributed by atoms with E-state index >= 15 is 0 Å². The monoisotopic (exact) mass is 462 g/mol. The molecule has 1 saturated carbocycles. The standard InChI is InChI=1S/C24H22F8/c1-2-3-13-4-6-14(7-5-13)15-8-9-17(18(25)10-15)23(29)22(28)16-11-19(26)21(20(27)12-16)24(30,31)32/h8-14H,2-7H2,1H3/b23-22+. The molecule has 32 heavy (non-hydrogen) atoms. The zero-order valence-electron chi connectivity index (χ0n) is 17.3. The van der Waals surface area contributed by atoms with Crippen LogP contribution in [0, 0.1) is 23.4 Å². The number of hydrogen-bond acceptors (Lipinski definition) is 0. The fraction of sp³-hybridized carbons (Fsp3) is 0.417. The van der Waals surface area contributed by atoms with Crippen LogP contribution in [-0.4, -0.2) is 0 Å². The van der Waals surface area contributed by atoms with Crippen LogP contribution in [0.3, 0.4) is 0 Å². The first-order valence-corrected chi connectivity index (χ1v) is 10.4. The lowest BCUT2D eigenvalue weighted by atomic mass is 9.77. The average Bonchev–Trinajstić information content (AvgIpc) is 2.72. The van der Waals surface area contributed by atoms with E-state index in [1.807, 2.05) is 0 Å². The van der Waals surface area contributed by atoms with Gasteiger partial charge in [-0.05, 0) is 67.3 Å². The SMILES string of the molecule is CCCC1CCC(c2ccc(/C(F)=C(\F)c3cc(F)c(C(F)(F)F)c(F)c3)c(F)c2)CC1. The minimum Gasteiger partial charge on any atom is -0.206 e. The fourth-order valence-electron chi connectivity index (χ4n) is 4.37. The summed E-state index contributed by atoms with van der Waals surface area (Å²) in [6, 6.07) is 3.68. The van der Waals surface area contributed by atoms with Crippen molar-refractivity contribution in [3.05, 3.63) is 70.0 Å². The molecule has 2 aromatic rings. The summed E-state index contributed by atoms with van der Waals surface area (Å²) in [7, 11) is 0. The highest BCUT2D eigenvalue weighted by molar-refractivity contribution is 5.83. The molecule has 2 aromatic carbocycles. The lowest BCUT2D eigenvalue weighted by Gasteiger charge is -2.28. The molecule has 0 aliphatic heterocycles. The molecule has 3 rings (SSSR count). The first kappa shape index (κ1) is 24.3. The molecule has 0 amide bonds. The molecule has 0 nitrogen and oxygen atoms in total. The number of halogens is 8. The Balaban J connectivity index is 1.86. The lowest BCUT2D eigenvalue weighted by molar-refractivity contribution is -0.142. The van der Waals surface area contributed by atoms with Gasteiger partial charge >= 0.3 is 6.18 Å². The Hall–Kier alpha value is -2.38. The summed E-state index contributed by atoms with van der Waals surface area (Å²) in [6.45, 7) is 2.12. The predicted octanol–water partition coefficient (Wildman–Crippen LogP) is 8.96. The van der Waals surface area contributed by atoms with Crippen molar-refractivity contribution < 1.29 is 35.1 Å². The Labute approximate surface area is 180 Å². The third-order valence-corrected chi connectivity index (χ3v) is 6.02. The van der Waals surface area contributed by atoms with Crippen molar-refractivity contribution in [1.82, 2.24) is 0 Å². The number of benzene rings is 2. The van der Waals surface area contributed by atoms with E-state index < -0.39 is 52.0 Å². The summed E-state index contributed by atoms with van der Waals surface area (Å²) < 4.78 is 109. The molecule has 0 heterocycles. The van der Waals surface area contributed by atoms with E-state index in [-0.39, 0.29) is 18.1 Å². The van der Waals surface area contributed by atoms with Crippen molar-refractivity contribution in [3.63, 3.8) is 0 Å². The van der Waals surface area contributed by atoms with Gasteiger partial charge in [-0.1, -0.05) is 25.8 Å². The zero-order valence-corrected chi connectivity index (χ0v) is 17.3. The van der Waals surface area contributed by atoms with Crippen LogP contribution in [-0.2, 0) is 6.18 Å². The van der Waals surface area contributed by atoms with Gasteiger partial charge in [0.1, 0.15) is 23.0 Å². The van der Waals surface area contributed by atoms with E-state index in [1.54, 1.807) is 0 Å². The van der Waals surface area contributed by atoms with E-state index in [0.717, 1.165) is 50.7 Å². The molecule has 0 spiro atoms. The molecule has 1 aliphatic carbocycles.